The van der Waals surface area contributed by atoms with E-state index in [0.717, 1.165) is 28.0 Å². The molecule has 0 bridgehead atoms. The van der Waals surface area contributed by atoms with Gasteiger partial charge < -0.3 is 15.0 Å². The van der Waals surface area contributed by atoms with Gasteiger partial charge in [0.1, 0.15) is 12.4 Å². The van der Waals surface area contributed by atoms with E-state index in [1.165, 1.54) is 6.92 Å². The molecule has 1 N–H and O–H groups in total. The highest BCUT2D eigenvalue weighted by Crippen LogP contribution is 2.32. The highest BCUT2D eigenvalue weighted by atomic mass is 16.5. The number of para-hydroxylation sites is 1. The molecule has 162 valence electrons. The number of rotatable bonds is 7. The summed E-state index contributed by atoms with van der Waals surface area (Å²) in [4.78, 5) is 26.4. The second kappa shape index (κ2) is 9.96. The van der Waals surface area contributed by atoms with Gasteiger partial charge in [0.2, 0.25) is 11.8 Å². The van der Waals surface area contributed by atoms with Crippen LogP contribution in [-0.2, 0) is 22.7 Å². The molecule has 2 amide bonds. The summed E-state index contributed by atoms with van der Waals surface area (Å²) >= 11 is 0. The lowest BCUT2D eigenvalue weighted by Gasteiger charge is -2.32. The summed E-state index contributed by atoms with van der Waals surface area (Å²) in [6.45, 7) is 2.45. The summed E-state index contributed by atoms with van der Waals surface area (Å²) in [5.41, 5.74) is 4.10. The van der Waals surface area contributed by atoms with E-state index in [0.29, 0.717) is 13.2 Å². The van der Waals surface area contributed by atoms with Gasteiger partial charge in [0.15, 0.2) is 0 Å². The second-order valence-corrected chi connectivity index (χ2v) is 7.79. The Morgan fingerprint density at radius 2 is 1.59 bits per heavy atom. The highest BCUT2D eigenvalue weighted by molar-refractivity contribution is 5.81. The monoisotopic (exact) mass is 426 g/mol. The van der Waals surface area contributed by atoms with Gasteiger partial charge in [-0.15, -0.1) is 0 Å². The van der Waals surface area contributed by atoms with Crippen LogP contribution in [0.2, 0.25) is 0 Å². The summed E-state index contributed by atoms with van der Waals surface area (Å²) in [5.74, 6) is 0.660. The third-order valence-electron chi connectivity index (χ3n) is 5.51. The number of amides is 2. The molecule has 1 atom stereocenters. The summed E-state index contributed by atoms with van der Waals surface area (Å²) in [5, 5.41) is 2.98. The molecular formula is C27H26N2O3. The van der Waals surface area contributed by atoms with Gasteiger partial charge in [-0.25, -0.2) is 0 Å². The normalized spacial score (nSPS) is 14.5. The van der Waals surface area contributed by atoms with E-state index >= 15 is 0 Å². The van der Waals surface area contributed by atoms with Crippen LogP contribution >= 0.6 is 0 Å². The quantitative estimate of drug-likeness (QED) is 0.588. The van der Waals surface area contributed by atoms with Crippen molar-refractivity contribution in [3.63, 3.8) is 0 Å². The van der Waals surface area contributed by atoms with Crippen molar-refractivity contribution in [2.24, 2.45) is 0 Å². The van der Waals surface area contributed by atoms with Gasteiger partial charge in [-0.1, -0.05) is 66.7 Å². The molecular weight excluding hydrogens is 400 g/mol. The Labute approximate surface area is 188 Å². The first kappa shape index (κ1) is 21.4. The van der Waals surface area contributed by atoms with Gasteiger partial charge in [-0.05, 0) is 40.5 Å². The van der Waals surface area contributed by atoms with Crippen LogP contribution in [0.1, 0.15) is 41.6 Å². The smallest absolute Gasteiger partial charge is 0.223 e. The largest absolute Gasteiger partial charge is 0.489 e. The summed E-state index contributed by atoms with van der Waals surface area (Å²) < 4.78 is 5.77. The molecule has 0 saturated carbocycles. The molecule has 3 aromatic carbocycles. The SMILES string of the molecule is CC(=O)N1C=Cc2ccccc2C1CC(=O)NCc1ccc(COc2ccccc2)cc1. The van der Waals surface area contributed by atoms with E-state index in [-0.39, 0.29) is 24.3 Å². The first-order valence-corrected chi connectivity index (χ1v) is 10.7. The van der Waals surface area contributed by atoms with Crippen LogP contribution in [0, 0.1) is 0 Å². The topological polar surface area (TPSA) is 58.6 Å². The number of nitrogens with one attached hydrogen (secondary N) is 1. The van der Waals surface area contributed by atoms with Crippen LogP contribution in [0.25, 0.3) is 6.08 Å². The van der Waals surface area contributed by atoms with Crippen molar-refractivity contribution in [3.05, 3.63) is 107 Å². The Morgan fingerprint density at radius 1 is 0.906 bits per heavy atom. The number of nitrogens with zero attached hydrogens (tertiary/aromatic N) is 1. The van der Waals surface area contributed by atoms with Crippen LogP contribution in [0.15, 0.2) is 85.1 Å². The van der Waals surface area contributed by atoms with E-state index in [1.54, 1.807) is 11.1 Å². The molecule has 3 aromatic rings. The lowest BCUT2D eigenvalue weighted by Crippen LogP contribution is -2.35. The van der Waals surface area contributed by atoms with Gasteiger partial charge >= 0.3 is 0 Å². The third kappa shape index (κ3) is 5.24. The maximum atomic E-state index is 12.7. The van der Waals surface area contributed by atoms with E-state index in [1.807, 2.05) is 84.9 Å². The van der Waals surface area contributed by atoms with Crippen LogP contribution in [-0.4, -0.2) is 16.7 Å². The van der Waals surface area contributed by atoms with Crippen LogP contribution in [0.3, 0.4) is 0 Å². The van der Waals surface area contributed by atoms with Crippen molar-refractivity contribution in [2.45, 2.75) is 32.5 Å². The predicted octanol–water partition coefficient (Wildman–Crippen LogP) is 4.85. The van der Waals surface area contributed by atoms with Gasteiger partial charge in [0, 0.05) is 19.7 Å². The van der Waals surface area contributed by atoms with E-state index in [2.05, 4.69) is 5.32 Å². The Balaban J connectivity index is 1.32. The van der Waals surface area contributed by atoms with Crippen LogP contribution in [0.4, 0.5) is 0 Å². The first-order chi connectivity index (χ1) is 15.6. The zero-order chi connectivity index (χ0) is 22.3. The predicted molar refractivity (Wildman–Crippen MR) is 124 cm³/mol. The molecule has 0 fully saturated rings. The number of carbonyl (C=O) groups is 2. The fourth-order valence-corrected chi connectivity index (χ4v) is 3.80. The first-order valence-electron chi connectivity index (χ1n) is 10.7. The molecule has 0 spiro atoms. The number of hydrogen-bond donors (Lipinski definition) is 1. The number of fused-ring (bicyclic) bond motifs is 1. The van der Waals surface area contributed by atoms with E-state index < -0.39 is 0 Å². The molecule has 0 radical (unpaired) electrons. The fourth-order valence-electron chi connectivity index (χ4n) is 3.80. The molecule has 5 heteroatoms. The number of ether oxygens (including phenoxy) is 1. The Morgan fingerprint density at radius 3 is 2.34 bits per heavy atom. The minimum Gasteiger partial charge on any atom is -0.489 e. The van der Waals surface area contributed by atoms with Crippen LogP contribution in [0.5, 0.6) is 5.75 Å². The lowest BCUT2D eigenvalue weighted by molar-refractivity contribution is -0.130. The zero-order valence-electron chi connectivity index (χ0n) is 18.0. The summed E-state index contributed by atoms with van der Waals surface area (Å²) in [6.07, 6.45) is 3.89. The maximum absolute atomic E-state index is 12.7. The summed E-state index contributed by atoms with van der Waals surface area (Å²) in [7, 11) is 0. The molecule has 1 heterocycles. The molecule has 5 nitrogen and oxygen atoms in total. The number of benzene rings is 3. The van der Waals surface area contributed by atoms with Crippen molar-refractivity contribution >= 4 is 17.9 Å². The number of hydrogen-bond acceptors (Lipinski definition) is 3. The Hall–Kier alpha value is -3.86. The molecule has 32 heavy (non-hydrogen) atoms. The van der Waals surface area contributed by atoms with Crippen LogP contribution < -0.4 is 10.1 Å². The maximum Gasteiger partial charge on any atom is 0.223 e. The van der Waals surface area contributed by atoms with Crippen molar-refractivity contribution in [1.82, 2.24) is 10.2 Å². The Kier molecular flexibility index (Phi) is 6.66. The van der Waals surface area contributed by atoms with Crippen molar-refractivity contribution in [3.8, 4) is 5.75 Å². The van der Waals surface area contributed by atoms with E-state index in [4.69, 9.17) is 4.74 Å². The molecule has 0 aromatic heterocycles. The third-order valence-corrected chi connectivity index (χ3v) is 5.51. The van der Waals surface area contributed by atoms with Gasteiger partial charge in [0.25, 0.3) is 0 Å². The second-order valence-electron chi connectivity index (χ2n) is 7.79. The minimum absolute atomic E-state index is 0.0816. The Bertz CT molecular complexity index is 1110. The molecule has 4 rings (SSSR count). The van der Waals surface area contributed by atoms with E-state index in [9.17, 15) is 9.59 Å². The van der Waals surface area contributed by atoms with Crippen molar-refractivity contribution < 1.29 is 14.3 Å². The van der Waals surface area contributed by atoms with Crippen molar-refractivity contribution in [1.29, 1.82) is 0 Å². The average Bonchev–Trinajstić information content (AvgIpc) is 2.83. The summed E-state index contributed by atoms with van der Waals surface area (Å²) in [6, 6.07) is 25.3. The number of carbonyl (C=O) groups excluding carboxylic acids is 2. The highest BCUT2D eigenvalue weighted by Gasteiger charge is 2.28. The van der Waals surface area contributed by atoms with Crippen molar-refractivity contribution in [2.75, 3.05) is 0 Å². The minimum atomic E-state index is -0.300. The average molecular weight is 427 g/mol. The van der Waals surface area contributed by atoms with Gasteiger partial charge in [-0.2, -0.15) is 0 Å². The standard InChI is InChI=1S/C27H26N2O3/c1-20(30)29-16-15-23-7-5-6-10-25(23)26(29)17-27(31)28-18-21-11-13-22(14-12-21)19-32-24-8-3-2-4-9-24/h2-16,26H,17-19H2,1H3,(H,28,31). The molecule has 0 saturated heterocycles. The molecule has 1 aliphatic rings. The lowest BCUT2D eigenvalue weighted by atomic mass is 9.93. The molecule has 1 unspecified atom stereocenters. The van der Waals surface area contributed by atoms with Gasteiger partial charge in [-0.3, -0.25) is 9.59 Å². The zero-order valence-corrected chi connectivity index (χ0v) is 18.0. The molecule has 1 aliphatic heterocycles. The van der Waals surface area contributed by atoms with Gasteiger partial charge in [0.05, 0.1) is 12.5 Å². The fraction of sp³-hybridized carbons (Fsp3) is 0.185. The molecule has 0 aliphatic carbocycles.